The van der Waals surface area contributed by atoms with Crippen LogP contribution in [-0.4, -0.2) is 41.1 Å². The molecule has 1 aromatic carbocycles. The first-order valence-corrected chi connectivity index (χ1v) is 8.01. The monoisotopic (exact) mass is 341 g/mol. The lowest BCUT2D eigenvalue weighted by atomic mass is 10.1. The number of aliphatic carboxylic acids is 1. The molecule has 5 nitrogen and oxygen atoms in total. The van der Waals surface area contributed by atoms with Crippen LogP contribution in [0.3, 0.4) is 0 Å². The quantitative estimate of drug-likeness (QED) is 0.789. The van der Waals surface area contributed by atoms with Crippen LogP contribution < -0.4 is 0 Å². The average Bonchev–Trinajstić information content (AvgIpc) is 3.05. The van der Waals surface area contributed by atoms with Gasteiger partial charge in [-0.05, 0) is 37.0 Å². The molecule has 0 aliphatic carbocycles. The fraction of sp³-hybridized carbons (Fsp3) is 0.529. The van der Waals surface area contributed by atoms with Gasteiger partial charge in [0.25, 0.3) is 0 Å². The van der Waals surface area contributed by atoms with Crippen molar-refractivity contribution in [2.24, 2.45) is 0 Å². The lowest BCUT2D eigenvalue weighted by Crippen LogP contribution is -2.33. The third-order valence-corrected chi connectivity index (χ3v) is 4.01. The maximum Gasteiger partial charge on any atom is 0.305 e. The Kier molecular flexibility index (Phi) is 6.66. The molecule has 0 radical (unpaired) electrons. The number of nitrogens with zero attached hydrogens (tertiary/aromatic N) is 1. The van der Waals surface area contributed by atoms with Crippen LogP contribution in [0.5, 0.6) is 0 Å². The van der Waals surface area contributed by atoms with Gasteiger partial charge in [0, 0.05) is 26.1 Å². The fourth-order valence-corrected chi connectivity index (χ4v) is 2.70. The minimum atomic E-state index is -1.02. The summed E-state index contributed by atoms with van der Waals surface area (Å²) in [5, 5.41) is 8.83. The van der Waals surface area contributed by atoms with E-state index in [0.29, 0.717) is 18.6 Å². The highest BCUT2D eigenvalue weighted by Gasteiger charge is 2.20. The van der Waals surface area contributed by atoms with E-state index in [4.69, 9.17) is 9.84 Å². The molecular formula is C17H21F2NO4. The van der Waals surface area contributed by atoms with Gasteiger partial charge in [0.2, 0.25) is 5.91 Å². The number of rotatable bonds is 8. The molecule has 1 aromatic rings. The van der Waals surface area contributed by atoms with Crippen molar-refractivity contribution in [1.29, 1.82) is 0 Å². The van der Waals surface area contributed by atoms with Crippen molar-refractivity contribution in [1.82, 2.24) is 4.90 Å². The lowest BCUT2D eigenvalue weighted by Gasteiger charge is -2.23. The highest BCUT2D eigenvalue weighted by atomic mass is 19.2. The van der Waals surface area contributed by atoms with E-state index >= 15 is 0 Å². The summed E-state index contributed by atoms with van der Waals surface area (Å²) >= 11 is 0. The molecule has 0 saturated carbocycles. The number of carbonyl (C=O) groups excluding carboxylic acids is 1. The smallest absolute Gasteiger partial charge is 0.305 e. The molecule has 1 unspecified atom stereocenters. The molecule has 1 heterocycles. The molecule has 7 heteroatoms. The van der Waals surface area contributed by atoms with Crippen molar-refractivity contribution in [2.75, 3.05) is 13.2 Å². The summed E-state index contributed by atoms with van der Waals surface area (Å²) in [6.07, 6.45) is 2.60. The zero-order chi connectivity index (χ0) is 17.5. The molecular weight excluding hydrogens is 320 g/mol. The lowest BCUT2D eigenvalue weighted by molar-refractivity contribution is -0.139. The van der Waals surface area contributed by atoms with Gasteiger partial charge in [-0.1, -0.05) is 6.07 Å². The van der Waals surface area contributed by atoms with Gasteiger partial charge >= 0.3 is 5.97 Å². The zero-order valence-electron chi connectivity index (χ0n) is 13.3. The Morgan fingerprint density at radius 2 is 2.04 bits per heavy atom. The Morgan fingerprint density at radius 1 is 1.25 bits per heavy atom. The molecule has 1 amide bonds. The predicted molar refractivity (Wildman–Crippen MR) is 82.2 cm³/mol. The van der Waals surface area contributed by atoms with Gasteiger partial charge in [-0.25, -0.2) is 8.78 Å². The molecule has 1 aliphatic heterocycles. The molecule has 0 spiro atoms. The number of amides is 1. The van der Waals surface area contributed by atoms with Gasteiger partial charge < -0.3 is 14.7 Å². The Labute approximate surface area is 139 Å². The van der Waals surface area contributed by atoms with Crippen LogP contribution in [0, 0.1) is 11.6 Å². The van der Waals surface area contributed by atoms with Gasteiger partial charge in [0.05, 0.1) is 12.5 Å². The molecule has 0 aromatic heterocycles. The maximum atomic E-state index is 13.3. The minimum absolute atomic E-state index is 0.0265. The van der Waals surface area contributed by atoms with E-state index in [-0.39, 0.29) is 37.9 Å². The average molecular weight is 341 g/mol. The predicted octanol–water partition coefficient (Wildman–Crippen LogP) is 2.73. The van der Waals surface area contributed by atoms with E-state index in [1.165, 1.54) is 11.0 Å². The summed E-state index contributed by atoms with van der Waals surface area (Å²) in [6, 6.07) is 3.41. The molecule has 2 rings (SSSR count). The highest BCUT2D eigenvalue weighted by molar-refractivity contribution is 5.77. The number of halogens is 2. The summed E-state index contributed by atoms with van der Waals surface area (Å²) in [5.74, 6) is -3.17. The Bertz CT molecular complexity index is 588. The number of ether oxygens (including phenoxy) is 1. The first kappa shape index (κ1) is 18.3. The number of carboxylic acids is 1. The standard InChI is InChI=1S/C17H21F2NO4/c18-14-5-3-12(10-15(14)19)11-20(8-7-17(22)23)16(21)6-4-13-2-1-9-24-13/h3,5,10,13H,1-2,4,6-9,11H2,(H,22,23). The van der Waals surface area contributed by atoms with Crippen molar-refractivity contribution in [3.63, 3.8) is 0 Å². The molecule has 1 fully saturated rings. The second-order valence-electron chi connectivity index (χ2n) is 5.88. The van der Waals surface area contributed by atoms with Crippen molar-refractivity contribution in [3.05, 3.63) is 35.4 Å². The second-order valence-corrected chi connectivity index (χ2v) is 5.88. The maximum absolute atomic E-state index is 13.3. The normalized spacial score (nSPS) is 17.0. The molecule has 24 heavy (non-hydrogen) atoms. The van der Waals surface area contributed by atoms with Crippen molar-refractivity contribution < 1.29 is 28.2 Å². The van der Waals surface area contributed by atoms with Gasteiger partial charge in [-0.15, -0.1) is 0 Å². The second kappa shape index (κ2) is 8.73. The number of hydrogen-bond acceptors (Lipinski definition) is 3. The minimum Gasteiger partial charge on any atom is -0.481 e. The molecule has 1 aliphatic rings. The van der Waals surface area contributed by atoms with E-state index in [2.05, 4.69) is 0 Å². The largest absolute Gasteiger partial charge is 0.481 e. The summed E-state index contributed by atoms with van der Waals surface area (Å²) in [6.45, 7) is 0.782. The van der Waals surface area contributed by atoms with E-state index in [1.54, 1.807) is 0 Å². The van der Waals surface area contributed by atoms with Crippen LogP contribution in [0.15, 0.2) is 18.2 Å². The third kappa shape index (κ3) is 5.56. The summed E-state index contributed by atoms with van der Waals surface area (Å²) in [4.78, 5) is 24.5. The number of benzene rings is 1. The van der Waals surface area contributed by atoms with Crippen molar-refractivity contribution in [3.8, 4) is 0 Å². The van der Waals surface area contributed by atoms with E-state index < -0.39 is 17.6 Å². The van der Waals surface area contributed by atoms with Crippen LogP contribution in [0.2, 0.25) is 0 Å². The number of carbonyl (C=O) groups is 2. The van der Waals surface area contributed by atoms with Gasteiger partial charge in [0.1, 0.15) is 0 Å². The Morgan fingerprint density at radius 3 is 2.67 bits per heavy atom. The molecule has 0 bridgehead atoms. The summed E-state index contributed by atoms with van der Waals surface area (Å²) in [5.41, 5.74) is 0.421. The first-order valence-electron chi connectivity index (χ1n) is 8.01. The third-order valence-electron chi connectivity index (χ3n) is 4.01. The molecule has 132 valence electrons. The van der Waals surface area contributed by atoms with Crippen LogP contribution >= 0.6 is 0 Å². The SMILES string of the molecule is O=C(O)CCN(Cc1ccc(F)c(F)c1)C(=O)CCC1CCCO1. The molecule has 1 N–H and O–H groups in total. The fourth-order valence-electron chi connectivity index (χ4n) is 2.70. The van der Waals surface area contributed by atoms with E-state index in [9.17, 15) is 18.4 Å². The molecule has 1 saturated heterocycles. The van der Waals surface area contributed by atoms with E-state index in [1.807, 2.05) is 0 Å². The van der Waals surface area contributed by atoms with Crippen LogP contribution in [0.25, 0.3) is 0 Å². The van der Waals surface area contributed by atoms with Crippen molar-refractivity contribution in [2.45, 2.75) is 44.8 Å². The highest BCUT2D eigenvalue weighted by Crippen LogP contribution is 2.18. The molecule has 1 atom stereocenters. The topological polar surface area (TPSA) is 66.8 Å². The summed E-state index contributed by atoms with van der Waals surface area (Å²) in [7, 11) is 0. The van der Waals surface area contributed by atoms with Crippen LogP contribution in [0.4, 0.5) is 8.78 Å². The zero-order valence-corrected chi connectivity index (χ0v) is 13.3. The van der Waals surface area contributed by atoms with Gasteiger partial charge in [-0.3, -0.25) is 9.59 Å². The first-order chi connectivity index (χ1) is 11.5. The van der Waals surface area contributed by atoms with Crippen LogP contribution in [-0.2, 0) is 20.9 Å². The van der Waals surface area contributed by atoms with E-state index in [0.717, 1.165) is 25.0 Å². The number of hydrogen-bond donors (Lipinski definition) is 1. The summed E-state index contributed by atoms with van der Waals surface area (Å²) < 4.78 is 31.8. The van der Waals surface area contributed by atoms with Crippen LogP contribution in [0.1, 0.15) is 37.7 Å². The number of carboxylic acid groups (broad SMARTS) is 1. The van der Waals surface area contributed by atoms with Gasteiger partial charge in [0.15, 0.2) is 11.6 Å². The van der Waals surface area contributed by atoms with Crippen molar-refractivity contribution >= 4 is 11.9 Å². The Hall–Kier alpha value is -2.02. The Balaban J connectivity index is 1.97. The van der Waals surface area contributed by atoms with Gasteiger partial charge in [-0.2, -0.15) is 0 Å².